The van der Waals surface area contributed by atoms with Gasteiger partial charge in [0, 0.05) is 31.2 Å². The molecule has 3 heterocycles. The van der Waals surface area contributed by atoms with Gasteiger partial charge < -0.3 is 30.7 Å². The van der Waals surface area contributed by atoms with Crippen molar-refractivity contribution in [1.82, 2.24) is 14.9 Å². The highest BCUT2D eigenvalue weighted by Gasteiger charge is 2.47. The van der Waals surface area contributed by atoms with Crippen LogP contribution in [0.4, 0.5) is 23.1 Å². The van der Waals surface area contributed by atoms with Gasteiger partial charge in [-0.05, 0) is 50.2 Å². The molecule has 2 aliphatic carbocycles. The molecule has 6 rings (SSSR count). The Kier molecular flexibility index (Phi) is 7.76. The molecule has 0 spiro atoms. The molecule has 4 N–H and O–H groups in total. The van der Waals surface area contributed by atoms with Gasteiger partial charge >= 0.3 is 0 Å². The number of nitrogens with one attached hydrogen (secondary N) is 2. The van der Waals surface area contributed by atoms with Crippen LogP contribution in [0.5, 0.6) is 5.75 Å². The third-order valence-corrected chi connectivity index (χ3v) is 9.11. The number of methoxy groups -OCH3 is 1. The minimum atomic E-state index is -0.326. The largest absolute Gasteiger partial charge is 0.494 e. The fraction of sp³-hybridized carbons (Fsp3) is 0.517. The van der Waals surface area contributed by atoms with Gasteiger partial charge in [0.05, 0.1) is 49.9 Å². The zero-order valence-corrected chi connectivity index (χ0v) is 24.1. The molecule has 1 unspecified atom stereocenters. The molecular formula is C29H36ClN7O4. The van der Waals surface area contributed by atoms with Gasteiger partial charge in [0.15, 0.2) is 5.82 Å². The van der Waals surface area contributed by atoms with Gasteiger partial charge in [-0.3, -0.25) is 14.5 Å². The van der Waals surface area contributed by atoms with E-state index >= 15 is 0 Å². The Morgan fingerprint density at radius 2 is 2.02 bits per heavy atom. The number of aromatic nitrogens is 2. The lowest BCUT2D eigenvalue weighted by atomic mass is 9.88. The number of nitrogens with two attached hydrogens (primary N) is 1. The van der Waals surface area contributed by atoms with Crippen LogP contribution >= 0.6 is 11.6 Å². The van der Waals surface area contributed by atoms with E-state index in [0.29, 0.717) is 60.8 Å². The maximum atomic E-state index is 13.7. The van der Waals surface area contributed by atoms with Crippen molar-refractivity contribution in [3.05, 3.63) is 41.1 Å². The van der Waals surface area contributed by atoms with Crippen LogP contribution in [-0.4, -0.2) is 78.7 Å². The van der Waals surface area contributed by atoms with Crippen LogP contribution in [0, 0.1) is 17.8 Å². The number of fused-ring (bicyclic) bond motifs is 3. The number of rotatable bonds is 8. The number of halogens is 1. The number of hydrogen-bond acceptors (Lipinski definition) is 9. The van der Waals surface area contributed by atoms with Gasteiger partial charge in [-0.25, -0.2) is 4.98 Å². The molecule has 1 saturated heterocycles. The Balaban J connectivity index is 1.26. The number of likely N-dealkylation sites (N-methyl/N-ethyl adjacent to an activating group) is 1. The van der Waals surface area contributed by atoms with Gasteiger partial charge in [0.2, 0.25) is 17.8 Å². The molecule has 2 amide bonds. The summed E-state index contributed by atoms with van der Waals surface area (Å²) in [7, 11) is 1.63. The van der Waals surface area contributed by atoms with Crippen molar-refractivity contribution >= 4 is 46.6 Å². The zero-order chi connectivity index (χ0) is 28.7. The summed E-state index contributed by atoms with van der Waals surface area (Å²) in [4.78, 5) is 39.0. The smallest absolute Gasteiger partial charge is 0.244 e. The average Bonchev–Trinajstić information content (AvgIpc) is 3.55. The molecule has 2 aliphatic heterocycles. The van der Waals surface area contributed by atoms with Crippen molar-refractivity contribution in [1.29, 1.82) is 0 Å². The topological polar surface area (TPSA) is 135 Å². The van der Waals surface area contributed by atoms with Crippen LogP contribution < -0.4 is 26.0 Å². The van der Waals surface area contributed by atoms with E-state index in [2.05, 4.69) is 37.7 Å². The van der Waals surface area contributed by atoms with E-state index in [1.807, 2.05) is 24.0 Å². The number of nitrogens with zero attached hydrogens (tertiary/aromatic N) is 4. The molecule has 2 aromatic rings. The van der Waals surface area contributed by atoms with Crippen LogP contribution in [0.1, 0.15) is 25.3 Å². The van der Waals surface area contributed by atoms with E-state index in [1.54, 1.807) is 7.11 Å². The molecule has 12 heteroatoms. The summed E-state index contributed by atoms with van der Waals surface area (Å²) >= 11 is 6.48. The average molecular weight is 582 g/mol. The first-order valence-corrected chi connectivity index (χ1v) is 14.6. The van der Waals surface area contributed by atoms with Crippen molar-refractivity contribution in [2.75, 3.05) is 55.5 Å². The van der Waals surface area contributed by atoms with E-state index in [4.69, 9.17) is 26.8 Å². The summed E-state index contributed by atoms with van der Waals surface area (Å²) in [6.45, 7) is 5.32. The van der Waals surface area contributed by atoms with Gasteiger partial charge in [-0.1, -0.05) is 23.8 Å². The summed E-state index contributed by atoms with van der Waals surface area (Å²) in [5, 5.41) is 7.02. The highest BCUT2D eigenvalue weighted by Crippen LogP contribution is 2.45. The number of benzene rings is 1. The predicted molar refractivity (Wildman–Crippen MR) is 157 cm³/mol. The SMILES string of the molecule is CCN1C(=O)C(N2CCOCC2)CCc2c1ccc(Nc1ncc(Cl)c(N[C@H]3[C@@H](C(N)=O)[C@@H]4C=C[C@H]3C4)n1)c2OC. The van der Waals surface area contributed by atoms with E-state index in [1.165, 1.54) is 6.20 Å². The number of primary amides is 1. The van der Waals surface area contributed by atoms with Crippen LogP contribution in [-0.2, 0) is 20.7 Å². The first-order valence-electron chi connectivity index (χ1n) is 14.3. The Morgan fingerprint density at radius 3 is 2.76 bits per heavy atom. The summed E-state index contributed by atoms with van der Waals surface area (Å²) in [5.41, 5.74) is 8.25. The van der Waals surface area contributed by atoms with E-state index in [0.717, 1.165) is 30.8 Å². The van der Waals surface area contributed by atoms with Gasteiger partial charge in [0.25, 0.3) is 0 Å². The fourth-order valence-corrected chi connectivity index (χ4v) is 7.06. The first-order chi connectivity index (χ1) is 19.9. The molecule has 41 heavy (non-hydrogen) atoms. The molecule has 1 aromatic heterocycles. The Labute approximate surface area is 244 Å². The Morgan fingerprint density at radius 1 is 1.24 bits per heavy atom. The lowest BCUT2D eigenvalue weighted by Crippen LogP contribution is -2.51. The van der Waals surface area contributed by atoms with Crippen LogP contribution in [0.25, 0.3) is 0 Å². The second-order valence-electron chi connectivity index (χ2n) is 11.0. The molecule has 218 valence electrons. The molecule has 11 nitrogen and oxygen atoms in total. The minimum absolute atomic E-state index is 0.109. The quantitative estimate of drug-likeness (QED) is 0.402. The van der Waals surface area contributed by atoms with Crippen molar-refractivity contribution in [3.8, 4) is 5.75 Å². The predicted octanol–water partition coefficient (Wildman–Crippen LogP) is 2.97. The minimum Gasteiger partial charge on any atom is -0.494 e. The monoisotopic (exact) mass is 581 g/mol. The zero-order valence-electron chi connectivity index (χ0n) is 23.3. The third-order valence-electron chi connectivity index (χ3n) is 8.83. The van der Waals surface area contributed by atoms with Crippen molar-refractivity contribution in [2.45, 2.75) is 38.3 Å². The van der Waals surface area contributed by atoms with Gasteiger partial charge in [-0.2, -0.15) is 4.98 Å². The van der Waals surface area contributed by atoms with Gasteiger partial charge in [0.1, 0.15) is 10.8 Å². The number of carbonyl (C=O) groups is 2. The maximum absolute atomic E-state index is 13.7. The number of morpholine rings is 1. The molecule has 2 fully saturated rings. The number of ether oxygens (including phenoxy) is 2. The summed E-state index contributed by atoms with van der Waals surface area (Å²) < 4.78 is 11.4. The number of carbonyl (C=O) groups excluding carboxylic acids is 2. The van der Waals surface area contributed by atoms with Crippen LogP contribution in [0.15, 0.2) is 30.5 Å². The summed E-state index contributed by atoms with van der Waals surface area (Å²) in [6, 6.07) is 3.46. The third kappa shape index (κ3) is 5.11. The molecule has 2 bridgehead atoms. The van der Waals surface area contributed by atoms with E-state index < -0.39 is 0 Å². The number of allylic oxidation sites excluding steroid dienone is 1. The summed E-state index contributed by atoms with van der Waals surface area (Å²) in [6.07, 6.45) is 7.99. The molecule has 1 saturated carbocycles. The second-order valence-corrected chi connectivity index (χ2v) is 11.4. The Bertz CT molecular complexity index is 1360. The lowest BCUT2D eigenvalue weighted by Gasteiger charge is -2.35. The van der Waals surface area contributed by atoms with Crippen molar-refractivity contribution < 1.29 is 19.1 Å². The highest BCUT2D eigenvalue weighted by atomic mass is 35.5. The van der Waals surface area contributed by atoms with E-state index in [9.17, 15) is 9.59 Å². The normalized spacial score (nSPS) is 27.4. The standard InChI is InChI=1S/C29H36ClN7O4/c1-3-37-21-9-7-20(25(40-2)18(21)6-8-22(28(37)39)36-10-12-41-13-11-36)33-29-32-15-19(30)27(35-29)34-24-17-5-4-16(14-17)23(24)26(31)38/h4-5,7,9,15-17,22-24H,3,6,8,10-14H2,1-2H3,(H2,31,38)(H2,32,33,34,35)/t16-,17+,22?,23+,24-/m1/s1. The molecule has 4 aliphatic rings. The summed E-state index contributed by atoms with van der Waals surface area (Å²) in [5.74, 6) is 1.20. The molecule has 1 aromatic carbocycles. The Hall–Kier alpha value is -3.41. The van der Waals surface area contributed by atoms with Crippen LogP contribution in [0.2, 0.25) is 5.02 Å². The number of hydrogen-bond donors (Lipinski definition) is 3. The van der Waals surface area contributed by atoms with E-state index in [-0.39, 0.29) is 41.7 Å². The van der Waals surface area contributed by atoms with Gasteiger partial charge in [-0.15, -0.1) is 0 Å². The van der Waals surface area contributed by atoms with Crippen molar-refractivity contribution in [2.24, 2.45) is 23.5 Å². The second kappa shape index (κ2) is 11.5. The molecule has 5 atom stereocenters. The molecular weight excluding hydrogens is 546 g/mol. The molecule has 0 radical (unpaired) electrons. The maximum Gasteiger partial charge on any atom is 0.244 e. The number of anilines is 4. The lowest BCUT2D eigenvalue weighted by molar-refractivity contribution is -0.125. The van der Waals surface area contributed by atoms with Crippen molar-refractivity contribution in [3.63, 3.8) is 0 Å². The highest BCUT2D eigenvalue weighted by molar-refractivity contribution is 6.32. The number of amides is 2. The van der Waals surface area contributed by atoms with Crippen LogP contribution in [0.3, 0.4) is 0 Å². The fourth-order valence-electron chi connectivity index (χ4n) is 6.91. The first kappa shape index (κ1) is 27.7.